The molecule has 2 aromatic rings. The minimum atomic E-state index is -0.0944. The fourth-order valence-corrected chi connectivity index (χ4v) is 2.60. The molecule has 0 saturated heterocycles. The Morgan fingerprint density at radius 2 is 1.92 bits per heavy atom. The molecular weight excluding hydrogens is 328 g/mol. The number of benzene rings is 2. The lowest BCUT2D eigenvalue weighted by molar-refractivity contribution is -0.885. The van der Waals surface area contributed by atoms with Crippen LogP contribution in [0.3, 0.4) is 0 Å². The molecule has 128 valence electrons. The van der Waals surface area contributed by atoms with Crippen molar-refractivity contribution < 1.29 is 19.2 Å². The molecule has 1 amide bonds. The number of ether oxygens (including phenoxy) is 2. The van der Waals surface area contributed by atoms with Gasteiger partial charge in [0.25, 0.3) is 5.91 Å². The number of amides is 1. The Bertz CT molecular complexity index is 706. The summed E-state index contributed by atoms with van der Waals surface area (Å²) in [5.74, 6) is 1.14. The zero-order valence-corrected chi connectivity index (χ0v) is 14.8. The molecule has 1 atom stereocenters. The molecule has 2 aromatic carbocycles. The maximum absolute atomic E-state index is 12.3. The predicted octanol–water partition coefficient (Wildman–Crippen LogP) is 2.01. The second-order valence-electron chi connectivity index (χ2n) is 5.52. The molecule has 0 heterocycles. The predicted molar refractivity (Wildman–Crippen MR) is 95.1 cm³/mol. The van der Waals surface area contributed by atoms with Gasteiger partial charge >= 0.3 is 0 Å². The number of halogens is 1. The first-order valence-corrected chi connectivity index (χ1v) is 7.98. The number of hydrogen-bond donors (Lipinski definition) is 2. The minimum absolute atomic E-state index is 0.0944. The molecular formula is C18H22ClN2O3+. The molecule has 0 radical (unpaired) electrons. The van der Waals surface area contributed by atoms with Gasteiger partial charge in [-0.2, -0.15) is 0 Å². The Morgan fingerprint density at radius 1 is 1.17 bits per heavy atom. The molecule has 2 N–H and O–H groups in total. The summed E-state index contributed by atoms with van der Waals surface area (Å²) in [6.07, 6.45) is 0. The largest absolute Gasteiger partial charge is 0.497 e. The Balaban J connectivity index is 1.96. The highest BCUT2D eigenvalue weighted by molar-refractivity contribution is 6.31. The average Bonchev–Trinajstić information content (AvgIpc) is 2.57. The first-order valence-electron chi connectivity index (χ1n) is 7.60. The summed E-state index contributed by atoms with van der Waals surface area (Å²) >= 11 is 6.16. The van der Waals surface area contributed by atoms with Crippen LogP contribution in [0, 0.1) is 0 Å². The molecule has 0 bridgehead atoms. The highest BCUT2D eigenvalue weighted by Crippen LogP contribution is 2.28. The maximum atomic E-state index is 12.3. The number of methoxy groups -OCH3 is 2. The van der Waals surface area contributed by atoms with Crippen molar-refractivity contribution in [2.24, 2.45) is 0 Å². The van der Waals surface area contributed by atoms with Crippen LogP contribution in [0.5, 0.6) is 11.5 Å². The van der Waals surface area contributed by atoms with E-state index in [2.05, 4.69) is 5.32 Å². The van der Waals surface area contributed by atoms with Gasteiger partial charge in [-0.25, -0.2) is 0 Å². The minimum Gasteiger partial charge on any atom is -0.497 e. The molecule has 6 heteroatoms. The quantitative estimate of drug-likeness (QED) is 0.804. The lowest BCUT2D eigenvalue weighted by Gasteiger charge is -2.16. The topological polar surface area (TPSA) is 52.0 Å². The van der Waals surface area contributed by atoms with Gasteiger partial charge < -0.3 is 19.7 Å². The lowest BCUT2D eigenvalue weighted by Crippen LogP contribution is -3.08. The fourth-order valence-electron chi connectivity index (χ4n) is 2.40. The lowest BCUT2D eigenvalue weighted by atomic mass is 10.2. The number of rotatable bonds is 7. The van der Waals surface area contributed by atoms with Crippen molar-refractivity contribution in [2.75, 3.05) is 33.1 Å². The van der Waals surface area contributed by atoms with Gasteiger partial charge in [0, 0.05) is 16.7 Å². The van der Waals surface area contributed by atoms with Crippen LogP contribution >= 0.6 is 11.6 Å². The van der Waals surface area contributed by atoms with Crippen molar-refractivity contribution in [3.8, 4) is 11.5 Å². The van der Waals surface area contributed by atoms with Gasteiger partial charge in [-0.3, -0.25) is 4.79 Å². The molecule has 0 fully saturated rings. The van der Waals surface area contributed by atoms with Crippen LogP contribution in [-0.2, 0) is 11.3 Å². The third kappa shape index (κ3) is 4.88. The van der Waals surface area contributed by atoms with E-state index >= 15 is 0 Å². The van der Waals surface area contributed by atoms with Crippen molar-refractivity contribution >= 4 is 23.2 Å². The highest BCUT2D eigenvalue weighted by Gasteiger charge is 2.14. The van der Waals surface area contributed by atoms with Gasteiger partial charge in [-0.1, -0.05) is 29.8 Å². The van der Waals surface area contributed by atoms with Gasteiger partial charge in [-0.15, -0.1) is 0 Å². The zero-order valence-electron chi connectivity index (χ0n) is 14.1. The van der Waals surface area contributed by atoms with Crippen molar-refractivity contribution in [1.29, 1.82) is 0 Å². The van der Waals surface area contributed by atoms with Crippen molar-refractivity contribution in [2.45, 2.75) is 6.54 Å². The summed E-state index contributed by atoms with van der Waals surface area (Å²) in [5.41, 5.74) is 1.64. The second kappa shape index (κ2) is 8.57. The zero-order chi connectivity index (χ0) is 17.5. The summed E-state index contributed by atoms with van der Waals surface area (Å²) in [6, 6.07) is 12.9. The molecule has 1 unspecified atom stereocenters. The van der Waals surface area contributed by atoms with E-state index in [1.807, 2.05) is 31.3 Å². The highest BCUT2D eigenvalue weighted by atomic mass is 35.5. The third-order valence-electron chi connectivity index (χ3n) is 3.60. The first kappa shape index (κ1) is 18.1. The molecule has 24 heavy (non-hydrogen) atoms. The summed E-state index contributed by atoms with van der Waals surface area (Å²) in [7, 11) is 5.09. The van der Waals surface area contributed by atoms with Crippen LogP contribution in [-0.4, -0.2) is 33.7 Å². The average molecular weight is 350 g/mol. The van der Waals surface area contributed by atoms with E-state index < -0.39 is 0 Å². The number of hydrogen-bond acceptors (Lipinski definition) is 3. The van der Waals surface area contributed by atoms with Crippen LogP contribution in [0.2, 0.25) is 5.02 Å². The number of quaternary nitrogens is 1. The van der Waals surface area contributed by atoms with Crippen LogP contribution in [0.1, 0.15) is 5.56 Å². The number of nitrogens with one attached hydrogen (secondary N) is 2. The molecule has 0 aliphatic carbocycles. The monoisotopic (exact) mass is 349 g/mol. The van der Waals surface area contributed by atoms with E-state index in [1.54, 1.807) is 32.4 Å². The van der Waals surface area contributed by atoms with Crippen molar-refractivity contribution in [3.63, 3.8) is 0 Å². The second-order valence-corrected chi connectivity index (χ2v) is 5.92. The number of anilines is 1. The summed E-state index contributed by atoms with van der Waals surface area (Å²) in [4.78, 5) is 13.3. The van der Waals surface area contributed by atoms with E-state index in [9.17, 15) is 4.79 Å². The van der Waals surface area contributed by atoms with Crippen LogP contribution in [0.25, 0.3) is 0 Å². The molecule has 0 aliphatic heterocycles. The van der Waals surface area contributed by atoms with Gasteiger partial charge in [0.2, 0.25) is 0 Å². The van der Waals surface area contributed by atoms with Gasteiger partial charge in [-0.05, 0) is 18.2 Å². The van der Waals surface area contributed by atoms with Crippen molar-refractivity contribution in [3.05, 3.63) is 53.1 Å². The maximum Gasteiger partial charge on any atom is 0.279 e. The number of likely N-dealkylation sites (N-methyl/N-ethyl adjacent to an activating group) is 1. The molecule has 0 spiro atoms. The van der Waals surface area contributed by atoms with Gasteiger partial charge in [0.05, 0.1) is 27.0 Å². The third-order valence-corrected chi connectivity index (χ3v) is 3.96. The Morgan fingerprint density at radius 3 is 2.58 bits per heavy atom. The fraction of sp³-hybridized carbons (Fsp3) is 0.278. The normalized spacial score (nSPS) is 11.7. The SMILES string of the molecule is COc1ccc(NC(=O)C[NH+](C)Cc2ccccc2Cl)c(OC)c1. The van der Waals surface area contributed by atoms with E-state index in [1.165, 1.54) is 0 Å². The molecule has 5 nitrogen and oxygen atoms in total. The molecule has 0 aromatic heterocycles. The van der Waals surface area contributed by atoms with Crippen LogP contribution < -0.4 is 19.7 Å². The standard InChI is InChI=1S/C18H21ClN2O3/c1-21(11-13-6-4-5-7-15(13)19)12-18(22)20-16-9-8-14(23-2)10-17(16)24-3/h4-10H,11-12H2,1-3H3,(H,20,22)/p+1. The van der Waals surface area contributed by atoms with Crippen molar-refractivity contribution in [1.82, 2.24) is 0 Å². The Hall–Kier alpha value is -2.24. The summed E-state index contributed by atoms with van der Waals surface area (Å²) in [5, 5.41) is 3.59. The van der Waals surface area contributed by atoms with Crippen LogP contribution in [0.15, 0.2) is 42.5 Å². The number of carbonyl (C=O) groups excluding carboxylic acids is 1. The van der Waals surface area contributed by atoms with E-state index in [-0.39, 0.29) is 5.91 Å². The molecule has 0 saturated carbocycles. The van der Waals surface area contributed by atoms with Crippen LogP contribution in [0.4, 0.5) is 5.69 Å². The van der Waals surface area contributed by atoms with Gasteiger partial charge in [0.1, 0.15) is 18.0 Å². The summed E-state index contributed by atoms with van der Waals surface area (Å²) < 4.78 is 10.4. The van der Waals surface area contributed by atoms with E-state index in [0.717, 1.165) is 10.5 Å². The smallest absolute Gasteiger partial charge is 0.279 e. The summed E-state index contributed by atoms with van der Waals surface area (Å²) in [6.45, 7) is 0.993. The van der Waals surface area contributed by atoms with Gasteiger partial charge in [0.15, 0.2) is 6.54 Å². The Kier molecular flexibility index (Phi) is 6.46. The first-order chi connectivity index (χ1) is 11.5. The molecule has 0 aliphatic rings. The number of carbonyl (C=O) groups is 1. The van der Waals surface area contributed by atoms with E-state index in [0.29, 0.717) is 35.3 Å². The Labute approximate surface area is 147 Å². The molecule has 2 rings (SSSR count). The van der Waals surface area contributed by atoms with E-state index in [4.69, 9.17) is 21.1 Å².